The lowest BCUT2D eigenvalue weighted by atomic mass is 9.94. The molecule has 1 atom stereocenters. The molecule has 0 fully saturated rings. The highest BCUT2D eigenvalue weighted by molar-refractivity contribution is 5.85. The lowest BCUT2D eigenvalue weighted by molar-refractivity contribution is 0.429. The summed E-state index contributed by atoms with van der Waals surface area (Å²) in [5.41, 5.74) is 1.14. The number of hydrogen-bond donors (Lipinski definition) is 1. The van der Waals surface area contributed by atoms with Crippen molar-refractivity contribution in [2.45, 2.75) is 0 Å². The van der Waals surface area contributed by atoms with Gasteiger partial charge in [0.1, 0.15) is 5.76 Å². The minimum Gasteiger partial charge on any atom is -0.508 e. The van der Waals surface area contributed by atoms with Crippen molar-refractivity contribution in [3.8, 4) is 0 Å². The predicted molar refractivity (Wildman–Crippen MR) is 57.0 cm³/mol. The largest absolute Gasteiger partial charge is 0.508 e. The maximum absolute atomic E-state index is 9.23. The third kappa shape index (κ3) is 2.13. The molecule has 0 aromatic heterocycles. The molecule has 0 aromatic rings. The third-order valence-electron chi connectivity index (χ3n) is 2.00. The first-order valence-corrected chi connectivity index (χ1v) is 4.00. The lowest BCUT2D eigenvalue weighted by Gasteiger charge is -2.12. The lowest BCUT2D eigenvalue weighted by Crippen LogP contribution is -1.99. The van der Waals surface area contributed by atoms with Crippen molar-refractivity contribution in [3.05, 3.63) is 59.9 Å². The fourth-order valence-corrected chi connectivity index (χ4v) is 1.38. The molecule has 0 saturated heterocycles. The van der Waals surface area contributed by atoms with Gasteiger partial charge >= 0.3 is 0 Å². The molecule has 2 aliphatic rings. The van der Waals surface area contributed by atoms with Crippen LogP contribution in [0, 0.1) is 5.92 Å². The van der Waals surface area contributed by atoms with E-state index in [0.29, 0.717) is 11.7 Å². The summed E-state index contributed by atoms with van der Waals surface area (Å²) in [4.78, 5) is 0. The molecule has 1 unspecified atom stereocenters. The third-order valence-corrected chi connectivity index (χ3v) is 2.00. The minimum absolute atomic E-state index is 0. The number of halogens is 1. The van der Waals surface area contributed by atoms with E-state index in [-0.39, 0.29) is 12.4 Å². The van der Waals surface area contributed by atoms with E-state index < -0.39 is 0 Å². The fraction of sp³-hybridized carbons (Fsp3) is 0.0909. The summed E-state index contributed by atoms with van der Waals surface area (Å²) in [6.45, 7) is 0. The highest BCUT2D eigenvalue weighted by atomic mass is 35.5. The Bertz CT molecular complexity index is 332. The van der Waals surface area contributed by atoms with Gasteiger partial charge in [-0.2, -0.15) is 0 Å². The van der Waals surface area contributed by atoms with Crippen LogP contribution in [0.4, 0.5) is 0 Å². The Kier molecular flexibility index (Phi) is 3.15. The number of hydrogen-bond acceptors (Lipinski definition) is 1. The van der Waals surface area contributed by atoms with Crippen LogP contribution in [0.25, 0.3) is 0 Å². The van der Waals surface area contributed by atoms with Gasteiger partial charge in [0.15, 0.2) is 0 Å². The first-order chi connectivity index (χ1) is 5.86. The molecule has 0 amide bonds. The molecule has 0 radical (unpaired) electrons. The van der Waals surface area contributed by atoms with Crippen molar-refractivity contribution >= 4 is 12.4 Å². The number of aliphatic hydroxyl groups is 1. The summed E-state index contributed by atoms with van der Waals surface area (Å²) < 4.78 is 0. The van der Waals surface area contributed by atoms with Crippen LogP contribution in [0.5, 0.6) is 0 Å². The second kappa shape index (κ2) is 4.15. The Morgan fingerprint density at radius 3 is 2.77 bits per heavy atom. The molecule has 0 heterocycles. The zero-order valence-electron chi connectivity index (χ0n) is 7.05. The monoisotopic (exact) mass is 194 g/mol. The van der Waals surface area contributed by atoms with Crippen LogP contribution in [0.3, 0.4) is 0 Å². The maximum Gasteiger partial charge on any atom is 0.115 e. The van der Waals surface area contributed by atoms with Crippen molar-refractivity contribution in [1.82, 2.24) is 0 Å². The van der Waals surface area contributed by atoms with Crippen molar-refractivity contribution in [3.63, 3.8) is 0 Å². The molecule has 0 saturated carbocycles. The van der Waals surface area contributed by atoms with Gasteiger partial charge in [-0.05, 0) is 17.7 Å². The molecule has 0 aromatic carbocycles. The minimum atomic E-state index is 0. The summed E-state index contributed by atoms with van der Waals surface area (Å²) in [5, 5.41) is 9.23. The predicted octanol–water partition coefficient (Wildman–Crippen LogP) is 3.09. The molecule has 1 nitrogen and oxygen atoms in total. The molecular weight excluding hydrogens is 184 g/mol. The fourth-order valence-electron chi connectivity index (χ4n) is 1.38. The van der Waals surface area contributed by atoms with Crippen LogP contribution in [0.15, 0.2) is 59.9 Å². The van der Waals surface area contributed by atoms with Crippen LogP contribution in [0.1, 0.15) is 0 Å². The molecule has 0 aliphatic heterocycles. The number of rotatable bonds is 0. The molecular formula is C11H11ClO. The number of allylic oxidation sites excluding steroid dienone is 9. The van der Waals surface area contributed by atoms with Crippen molar-refractivity contribution < 1.29 is 5.11 Å². The molecule has 68 valence electrons. The smallest absolute Gasteiger partial charge is 0.115 e. The van der Waals surface area contributed by atoms with Crippen molar-refractivity contribution in [2.24, 2.45) is 5.92 Å². The van der Waals surface area contributed by atoms with Gasteiger partial charge in [-0.1, -0.05) is 36.5 Å². The van der Waals surface area contributed by atoms with E-state index in [1.165, 1.54) is 0 Å². The Morgan fingerprint density at radius 2 is 1.92 bits per heavy atom. The Morgan fingerprint density at radius 1 is 1.08 bits per heavy atom. The van der Waals surface area contributed by atoms with E-state index in [2.05, 4.69) is 6.08 Å². The van der Waals surface area contributed by atoms with Gasteiger partial charge in [-0.25, -0.2) is 0 Å². The average molecular weight is 195 g/mol. The van der Waals surface area contributed by atoms with Crippen LogP contribution in [-0.2, 0) is 0 Å². The second-order valence-electron chi connectivity index (χ2n) is 2.89. The van der Waals surface area contributed by atoms with Crippen LogP contribution in [0.2, 0.25) is 0 Å². The normalized spacial score (nSPS) is 23.8. The topological polar surface area (TPSA) is 20.2 Å². The average Bonchev–Trinajstić information content (AvgIpc) is 2.28. The van der Waals surface area contributed by atoms with Gasteiger partial charge in [0.05, 0.1) is 0 Å². The van der Waals surface area contributed by atoms with Gasteiger partial charge < -0.3 is 5.11 Å². The van der Waals surface area contributed by atoms with Gasteiger partial charge in [0.2, 0.25) is 0 Å². The number of fused-ring (bicyclic) bond motifs is 1. The Labute approximate surface area is 83.9 Å². The highest BCUT2D eigenvalue weighted by Gasteiger charge is 2.10. The molecule has 2 heteroatoms. The summed E-state index contributed by atoms with van der Waals surface area (Å²) in [5.74, 6) is 0.664. The Balaban J connectivity index is 0.000000845. The maximum atomic E-state index is 9.23. The molecule has 0 spiro atoms. The van der Waals surface area contributed by atoms with Gasteiger partial charge in [-0.15, -0.1) is 12.4 Å². The quantitative estimate of drug-likeness (QED) is 0.629. The van der Waals surface area contributed by atoms with Gasteiger partial charge in [-0.3, -0.25) is 0 Å². The van der Waals surface area contributed by atoms with E-state index in [4.69, 9.17) is 0 Å². The van der Waals surface area contributed by atoms with Crippen LogP contribution < -0.4 is 0 Å². The molecule has 2 aliphatic carbocycles. The molecule has 2 rings (SSSR count). The van der Waals surface area contributed by atoms with E-state index >= 15 is 0 Å². The molecule has 13 heavy (non-hydrogen) atoms. The van der Waals surface area contributed by atoms with E-state index in [9.17, 15) is 5.11 Å². The van der Waals surface area contributed by atoms with Crippen molar-refractivity contribution in [2.75, 3.05) is 0 Å². The Hall–Kier alpha value is -1.21. The second-order valence-corrected chi connectivity index (χ2v) is 2.89. The highest BCUT2D eigenvalue weighted by Crippen LogP contribution is 2.23. The zero-order valence-corrected chi connectivity index (χ0v) is 7.87. The van der Waals surface area contributed by atoms with Crippen molar-refractivity contribution in [1.29, 1.82) is 0 Å². The zero-order chi connectivity index (χ0) is 8.39. The number of aliphatic hydroxyl groups excluding tert-OH is 1. The summed E-state index contributed by atoms with van der Waals surface area (Å²) in [6, 6.07) is 0. The van der Waals surface area contributed by atoms with Crippen LogP contribution in [-0.4, -0.2) is 5.11 Å². The van der Waals surface area contributed by atoms with E-state index in [1.807, 2.05) is 30.4 Å². The summed E-state index contributed by atoms with van der Waals surface area (Å²) in [7, 11) is 0. The van der Waals surface area contributed by atoms with E-state index in [1.54, 1.807) is 12.2 Å². The van der Waals surface area contributed by atoms with Gasteiger partial charge in [0.25, 0.3) is 0 Å². The van der Waals surface area contributed by atoms with Gasteiger partial charge in [0, 0.05) is 5.92 Å². The summed E-state index contributed by atoms with van der Waals surface area (Å²) >= 11 is 0. The molecule has 0 bridgehead atoms. The SMILES string of the molecule is Cl.OC1=CC2=CC=CC=CC2C=C1. The van der Waals surface area contributed by atoms with E-state index in [0.717, 1.165) is 5.57 Å². The standard InChI is InChI=1S/C11H10O.ClH/c12-11-7-6-9-4-2-1-3-5-10(9)8-11;/h1-9,12H;1H. The molecule has 1 N–H and O–H groups in total. The summed E-state index contributed by atoms with van der Waals surface area (Å²) in [6.07, 6.45) is 15.6. The first kappa shape index (κ1) is 9.87. The first-order valence-electron chi connectivity index (χ1n) is 4.00. The van der Waals surface area contributed by atoms with Crippen LogP contribution >= 0.6 is 12.4 Å².